The van der Waals surface area contributed by atoms with E-state index in [1.54, 1.807) is 13.0 Å². The van der Waals surface area contributed by atoms with Crippen LogP contribution in [0.5, 0.6) is 0 Å². The maximum atomic E-state index is 12.5. The Kier molecular flexibility index (Phi) is 5.24. The summed E-state index contributed by atoms with van der Waals surface area (Å²) in [6.45, 7) is 5.88. The van der Waals surface area contributed by atoms with Crippen molar-refractivity contribution in [3.63, 3.8) is 0 Å². The Balaban J connectivity index is 2.10. The van der Waals surface area contributed by atoms with Crippen LogP contribution < -0.4 is 4.90 Å². The normalized spacial score (nSPS) is 18.0. The lowest BCUT2D eigenvalue weighted by Gasteiger charge is -2.17. The molecule has 1 aromatic carbocycles. The highest BCUT2D eigenvalue weighted by atomic mass is 32.2. The molecule has 0 N–H and O–H groups in total. The molecule has 5 nitrogen and oxygen atoms in total. The second kappa shape index (κ2) is 6.96. The Bertz CT molecular complexity index is 614. The highest BCUT2D eigenvalue weighted by molar-refractivity contribution is 8.01. The van der Waals surface area contributed by atoms with Gasteiger partial charge < -0.3 is 4.74 Å². The SMILES string of the molecule is CCOC(=O)CS[C@@H]1CC(=O)N(c2ccc(C)cc2C)C1=O. The standard InChI is InChI=1S/C16H19NO4S/c1-4-21-15(19)9-22-13-8-14(18)17(16(13)20)12-6-5-10(2)7-11(12)3/h5-7,13H,4,8-9H2,1-3H3/t13-/m1/s1. The van der Waals surface area contributed by atoms with Crippen LogP contribution in [0.3, 0.4) is 0 Å². The van der Waals surface area contributed by atoms with Gasteiger partial charge in [0.25, 0.3) is 0 Å². The molecule has 22 heavy (non-hydrogen) atoms. The van der Waals surface area contributed by atoms with Gasteiger partial charge in [-0.15, -0.1) is 11.8 Å². The van der Waals surface area contributed by atoms with Crippen LogP contribution in [-0.4, -0.2) is 35.4 Å². The van der Waals surface area contributed by atoms with Gasteiger partial charge in [0.15, 0.2) is 0 Å². The first-order valence-corrected chi connectivity index (χ1v) is 8.20. The van der Waals surface area contributed by atoms with E-state index in [0.717, 1.165) is 22.9 Å². The molecule has 0 bridgehead atoms. The maximum absolute atomic E-state index is 12.5. The summed E-state index contributed by atoms with van der Waals surface area (Å²) in [6, 6.07) is 5.61. The number of carbonyl (C=O) groups excluding carboxylic acids is 3. The fraction of sp³-hybridized carbons (Fsp3) is 0.438. The highest BCUT2D eigenvalue weighted by Crippen LogP contribution is 2.31. The molecule has 0 aliphatic carbocycles. The van der Waals surface area contributed by atoms with Crippen molar-refractivity contribution in [3.8, 4) is 0 Å². The number of nitrogens with zero attached hydrogens (tertiary/aromatic N) is 1. The molecule has 2 rings (SSSR count). The van der Waals surface area contributed by atoms with Gasteiger partial charge in [-0.2, -0.15) is 0 Å². The number of hydrogen-bond acceptors (Lipinski definition) is 5. The van der Waals surface area contributed by atoms with Gasteiger partial charge >= 0.3 is 5.97 Å². The highest BCUT2D eigenvalue weighted by Gasteiger charge is 2.40. The van der Waals surface area contributed by atoms with Crippen molar-refractivity contribution >= 4 is 35.2 Å². The summed E-state index contributed by atoms with van der Waals surface area (Å²) in [4.78, 5) is 37.2. The summed E-state index contributed by atoms with van der Waals surface area (Å²) >= 11 is 1.16. The van der Waals surface area contributed by atoms with Crippen LogP contribution in [-0.2, 0) is 19.1 Å². The average molecular weight is 321 g/mol. The molecule has 118 valence electrons. The minimum absolute atomic E-state index is 0.0816. The number of imide groups is 1. The third-order valence-corrected chi connectivity index (χ3v) is 4.58. The van der Waals surface area contributed by atoms with Crippen molar-refractivity contribution in [2.24, 2.45) is 0 Å². The molecule has 1 aliphatic rings. The minimum atomic E-state index is -0.516. The van der Waals surface area contributed by atoms with E-state index in [4.69, 9.17) is 4.74 Å². The molecule has 1 heterocycles. The second-order valence-corrected chi connectivity index (χ2v) is 6.36. The van der Waals surface area contributed by atoms with Gasteiger partial charge in [0.2, 0.25) is 11.8 Å². The molecule has 1 atom stereocenters. The van der Waals surface area contributed by atoms with Gasteiger partial charge in [-0.3, -0.25) is 14.4 Å². The maximum Gasteiger partial charge on any atom is 0.315 e. The van der Waals surface area contributed by atoms with Crippen LogP contribution >= 0.6 is 11.8 Å². The molecule has 0 aromatic heterocycles. The zero-order valence-corrected chi connectivity index (χ0v) is 13.7. The largest absolute Gasteiger partial charge is 0.465 e. The molecule has 0 saturated carbocycles. The zero-order valence-electron chi connectivity index (χ0n) is 12.9. The first-order chi connectivity index (χ1) is 10.4. The number of anilines is 1. The Morgan fingerprint density at radius 2 is 2.09 bits per heavy atom. The van der Waals surface area contributed by atoms with E-state index >= 15 is 0 Å². The molecule has 1 aromatic rings. The average Bonchev–Trinajstić information content (AvgIpc) is 2.72. The van der Waals surface area contributed by atoms with E-state index < -0.39 is 5.25 Å². The van der Waals surface area contributed by atoms with E-state index in [0.29, 0.717) is 12.3 Å². The number of rotatable bonds is 5. The minimum Gasteiger partial charge on any atom is -0.465 e. The lowest BCUT2D eigenvalue weighted by molar-refractivity contribution is -0.139. The number of amides is 2. The molecule has 0 spiro atoms. The first-order valence-electron chi connectivity index (χ1n) is 7.15. The van der Waals surface area contributed by atoms with Crippen molar-refractivity contribution in [3.05, 3.63) is 29.3 Å². The van der Waals surface area contributed by atoms with Gasteiger partial charge in [0.1, 0.15) is 0 Å². The molecular weight excluding hydrogens is 302 g/mol. The van der Waals surface area contributed by atoms with Crippen LogP contribution in [0.2, 0.25) is 0 Å². The number of ether oxygens (including phenoxy) is 1. The fourth-order valence-electron chi connectivity index (χ4n) is 2.41. The summed E-state index contributed by atoms with van der Waals surface area (Å²) in [5, 5.41) is -0.516. The van der Waals surface area contributed by atoms with E-state index in [9.17, 15) is 14.4 Å². The number of hydrogen-bond donors (Lipinski definition) is 0. The van der Waals surface area contributed by atoms with Crippen molar-refractivity contribution in [2.45, 2.75) is 32.4 Å². The topological polar surface area (TPSA) is 63.7 Å². The van der Waals surface area contributed by atoms with Crippen LogP contribution in [0.4, 0.5) is 5.69 Å². The van der Waals surface area contributed by atoms with Crippen molar-refractivity contribution in [1.29, 1.82) is 0 Å². The Morgan fingerprint density at radius 1 is 1.36 bits per heavy atom. The van der Waals surface area contributed by atoms with Crippen LogP contribution in [0, 0.1) is 13.8 Å². The third kappa shape index (κ3) is 3.50. The lowest BCUT2D eigenvalue weighted by Crippen LogP contribution is -2.32. The summed E-state index contributed by atoms with van der Waals surface area (Å²) in [5.74, 6) is -0.764. The van der Waals surface area contributed by atoms with Gasteiger partial charge in [0.05, 0.1) is 23.3 Å². The number of thioether (sulfide) groups is 1. The predicted octanol–water partition coefficient (Wildman–Crippen LogP) is 2.23. The van der Waals surface area contributed by atoms with Crippen LogP contribution in [0.1, 0.15) is 24.5 Å². The molecule has 6 heteroatoms. The Morgan fingerprint density at radius 3 is 2.73 bits per heavy atom. The molecule has 0 radical (unpaired) electrons. The molecule has 1 fully saturated rings. The number of carbonyl (C=O) groups is 3. The quantitative estimate of drug-likeness (QED) is 0.615. The number of aryl methyl sites for hydroxylation is 2. The number of benzene rings is 1. The smallest absolute Gasteiger partial charge is 0.315 e. The van der Waals surface area contributed by atoms with Crippen molar-refractivity contribution < 1.29 is 19.1 Å². The van der Waals surface area contributed by atoms with Crippen LogP contribution in [0.25, 0.3) is 0 Å². The van der Waals surface area contributed by atoms with E-state index in [2.05, 4.69) is 0 Å². The molecule has 1 aliphatic heterocycles. The number of esters is 1. The molecular formula is C16H19NO4S. The third-order valence-electron chi connectivity index (χ3n) is 3.41. The van der Waals surface area contributed by atoms with Gasteiger partial charge in [-0.1, -0.05) is 17.7 Å². The van der Waals surface area contributed by atoms with Gasteiger partial charge in [-0.05, 0) is 32.4 Å². The van der Waals surface area contributed by atoms with E-state index in [-0.39, 0.29) is 30.0 Å². The monoisotopic (exact) mass is 321 g/mol. The van der Waals surface area contributed by atoms with Gasteiger partial charge in [0, 0.05) is 6.42 Å². The van der Waals surface area contributed by atoms with E-state index in [1.807, 2.05) is 26.0 Å². The van der Waals surface area contributed by atoms with Crippen LogP contribution in [0.15, 0.2) is 18.2 Å². The molecule has 1 saturated heterocycles. The zero-order chi connectivity index (χ0) is 16.3. The fourth-order valence-corrected chi connectivity index (χ4v) is 3.34. The summed E-state index contributed by atoms with van der Waals surface area (Å²) < 4.78 is 4.84. The second-order valence-electron chi connectivity index (χ2n) is 5.17. The van der Waals surface area contributed by atoms with Gasteiger partial charge in [-0.25, -0.2) is 4.90 Å². The Labute approximate surface area is 134 Å². The van der Waals surface area contributed by atoms with Crippen molar-refractivity contribution in [2.75, 3.05) is 17.3 Å². The Hall–Kier alpha value is -1.82. The first kappa shape index (κ1) is 16.5. The summed E-state index contributed by atoms with van der Waals surface area (Å²) in [6.07, 6.45) is 0.121. The van der Waals surface area contributed by atoms with E-state index in [1.165, 1.54) is 4.90 Å². The summed E-state index contributed by atoms with van der Waals surface area (Å²) in [7, 11) is 0. The summed E-state index contributed by atoms with van der Waals surface area (Å²) in [5.41, 5.74) is 2.59. The van der Waals surface area contributed by atoms with Crippen molar-refractivity contribution in [1.82, 2.24) is 0 Å². The predicted molar refractivity (Wildman–Crippen MR) is 85.9 cm³/mol. The molecule has 0 unspecified atom stereocenters. The molecule has 2 amide bonds. The lowest BCUT2D eigenvalue weighted by atomic mass is 10.1.